The number of fused-ring (bicyclic) bond motifs is 2. The number of aryl methyl sites for hydroxylation is 1. The molecule has 0 unspecified atom stereocenters. The summed E-state index contributed by atoms with van der Waals surface area (Å²) >= 11 is 0. The van der Waals surface area contributed by atoms with Gasteiger partial charge in [0.15, 0.2) is 5.76 Å². The number of benzene rings is 3. The fourth-order valence-corrected chi connectivity index (χ4v) is 5.21. The zero-order chi connectivity index (χ0) is 24.5. The second kappa shape index (κ2) is 11.0. The number of halogens is 1. The van der Waals surface area contributed by atoms with Gasteiger partial charge >= 0.3 is 0 Å². The summed E-state index contributed by atoms with van der Waals surface area (Å²) in [6.45, 7) is 4.66. The van der Waals surface area contributed by atoms with Crippen molar-refractivity contribution in [2.75, 3.05) is 26.2 Å². The van der Waals surface area contributed by atoms with Crippen molar-refractivity contribution < 1.29 is 18.8 Å². The second-order valence-corrected chi connectivity index (χ2v) is 9.76. The molecule has 1 N–H and O–H groups in total. The summed E-state index contributed by atoms with van der Waals surface area (Å²) in [7, 11) is 0. The van der Waals surface area contributed by atoms with Crippen LogP contribution in [0.3, 0.4) is 0 Å². The van der Waals surface area contributed by atoms with E-state index in [0.29, 0.717) is 35.3 Å². The van der Waals surface area contributed by atoms with Crippen LogP contribution in [0.5, 0.6) is 5.75 Å². The molecule has 1 atom stereocenters. The summed E-state index contributed by atoms with van der Waals surface area (Å²) in [5.74, 6) is 2.45. The first-order valence-electron chi connectivity index (χ1n) is 12.6. The van der Waals surface area contributed by atoms with E-state index >= 15 is 0 Å². The third kappa shape index (κ3) is 5.52. The molecule has 7 heteroatoms. The van der Waals surface area contributed by atoms with Gasteiger partial charge in [-0.3, -0.25) is 0 Å². The van der Waals surface area contributed by atoms with Crippen molar-refractivity contribution in [3.8, 4) is 17.3 Å². The molecule has 5 aromatic rings. The lowest BCUT2D eigenvalue weighted by molar-refractivity contribution is 0.0599. The molecular formula is C30H31ClN2O4. The highest BCUT2D eigenvalue weighted by Gasteiger charge is 2.23. The van der Waals surface area contributed by atoms with E-state index in [-0.39, 0.29) is 19.0 Å². The summed E-state index contributed by atoms with van der Waals surface area (Å²) in [6, 6.07) is 24.8. The summed E-state index contributed by atoms with van der Waals surface area (Å²) < 4.78 is 17.3. The monoisotopic (exact) mass is 518 g/mol. The SMILES string of the molecule is Cc1cc(-c2cc3c(OC[C@@H](O)CN4CCC(c5ccc6ccccc6c5)CC4)cccc3o2)on1.Cl. The van der Waals surface area contributed by atoms with Crippen molar-refractivity contribution in [3.63, 3.8) is 0 Å². The Morgan fingerprint density at radius 3 is 2.57 bits per heavy atom. The molecule has 3 heterocycles. The number of aliphatic hydroxyl groups excluding tert-OH is 1. The van der Waals surface area contributed by atoms with Crippen molar-refractivity contribution in [1.29, 1.82) is 0 Å². The molecular weight excluding hydrogens is 488 g/mol. The van der Waals surface area contributed by atoms with Gasteiger partial charge in [-0.25, -0.2) is 0 Å². The van der Waals surface area contributed by atoms with Crippen LogP contribution in [0, 0.1) is 6.92 Å². The third-order valence-electron chi connectivity index (χ3n) is 7.12. The first-order chi connectivity index (χ1) is 17.6. The number of nitrogens with zero attached hydrogens (tertiary/aromatic N) is 2. The molecule has 192 valence electrons. The molecule has 1 aliphatic heterocycles. The number of hydrogen-bond donors (Lipinski definition) is 1. The van der Waals surface area contributed by atoms with Crippen LogP contribution >= 0.6 is 12.4 Å². The minimum atomic E-state index is -0.569. The van der Waals surface area contributed by atoms with E-state index in [1.807, 2.05) is 37.3 Å². The number of piperidine rings is 1. The summed E-state index contributed by atoms with van der Waals surface area (Å²) in [6.07, 6.45) is 1.63. The Bertz CT molecular complexity index is 1490. The maximum absolute atomic E-state index is 10.7. The number of hydrogen-bond acceptors (Lipinski definition) is 6. The Labute approximate surface area is 222 Å². The highest BCUT2D eigenvalue weighted by Crippen LogP contribution is 2.34. The van der Waals surface area contributed by atoms with E-state index in [1.54, 1.807) is 0 Å². The Hall–Kier alpha value is -3.32. The van der Waals surface area contributed by atoms with Gasteiger partial charge in [0, 0.05) is 12.6 Å². The number of aliphatic hydroxyl groups is 1. The second-order valence-electron chi connectivity index (χ2n) is 9.76. The standard InChI is InChI=1S/C30H30N2O4.ClH/c1-20-15-30(36-31-20)29-17-26-27(7-4-8-28(26)35-29)34-19-25(33)18-32-13-11-22(12-14-32)24-10-9-21-5-2-3-6-23(21)16-24;/h2-10,15-17,22,25,33H,11-14,18-19H2,1H3;1H/t25-;/m0./s1. The minimum absolute atomic E-state index is 0. The van der Waals surface area contributed by atoms with Gasteiger partial charge in [0.2, 0.25) is 5.76 Å². The van der Waals surface area contributed by atoms with Crippen LogP contribution in [-0.2, 0) is 0 Å². The zero-order valence-corrected chi connectivity index (χ0v) is 21.6. The number of likely N-dealkylation sites (tertiary alicyclic amines) is 1. The minimum Gasteiger partial charge on any atom is -0.490 e. The number of rotatable bonds is 7. The maximum atomic E-state index is 10.7. The molecule has 6 rings (SSSR count). The molecule has 1 fully saturated rings. The number of aromatic nitrogens is 1. The van der Waals surface area contributed by atoms with Crippen LogP contribution in [0.25, 0.3) is 33.3 Å². The van der Waals surface area contributed by atoms with Gasteiger partial charge in [-0.05, 0) is 73.3 Å². The molecule has 1 aliphatic rings. The lowest BCUT2D eigenvalue weighted by Crippen LogP contribution is -2.40. The predicted molar refractivity (Wildman–Crippen MR) is 148 cm³/mol. The first-order valence-corrected chi connectivity index (χ1v) is 12.6. The van der Waals surface area contributed by atoms with Gasteiger partial charge < -0.3 is 23.7 Å². The average molecular weight is 519 g/mol. The maximum Gasteiger partial charge on any atom is 0.202 e. The Morgan fingerprint density at radius 1 is 0.973 bits per heavy atom. The van der Waals surface area contributed by atoms with Gasteiger partial charge in [0.1, 0.15) is 24.0 Å². The Balaban J connectivity index is 0.00000280. The van der Waals surface area contributed by atoms with Crippen LogP contribution in [0.2, 0.25) is 0 Å². The van der Waals surface area contributed by atoms with Gasteiger partial charge in [0.05, 0.1) is 11.1 Å². The van der Waals surface area contributed by atoms with Crippen LogP contribution in [0.4, 0.5) is 0 Å². The van der Waals surface area contributed by atoms with Crippen LogP contribution in [0.1, 0.15) is 30.0 Å². The summed E-state index contributed by atoms with van der Waals surface area (Å²) in [5, 5.41) is 18.1. The van der Waals surface area contributed by atoms with E-state index in [1.165, 1.54) is 16.3 Å². The van der Waals surface area contributed by atoms with E-state index in [2.05, 4.69) is 52.5 Å². The molecule has 0 radical (unpaired) electrons. The first kappa shape index (κ1) is 25.3. The molecule has 2 aromatic heterocycles. The summed E-state index contributed by atoms with van der Waals surface area (Å²) in [4.78, 5) is 2.34. The predicted octanol–water partition coefficient (Wildman–Crippen LogP) is 6.59. The van der Waals surface area contributed by atoms with Gasteiger partial charge in [-0.15, -0.1) is 12.4 Å². The van der Waals surface area contributed by atoms with E-state index in [4.69, 9.17) is 13.7 Å². The Kier molecular flexibility index (Phi) is 7.51. The van der Waals surface area contributed by atoms with Gasteiger partial charge in [-0.1, -0.05) is 53.7 Å². The lowest BCUT2D eigenvalue weighted by Gasteiger charge is -2.33. The van der Waals surface area contributed by atoms with Crippen molar-refractivity contribution >= 4 is 34.1 Å². The van der Waals surface area contributed by atoms with Crippen LogP contribution < -0.4 is 4.74 Å². The zero-order valence-electron chi connectivity index (χ0n) is 20.8. The molecule has 0 amide bonds. The van der Waals surface area contributed by atoms with Crippen molar-refractivity contribution in [2.24, 2.45) is 0 Å². The molecule has 0 bridgehead atoms. The smallest absolute Gasteiger partial charge is 0.202 e. The largest absolute Gasteiger partial charge is 0.490 e. The Morgan fingerprint density at radius 2 is 1.78 bits per heavy atom. The van der Waals surface area contributed by atoms with Crippen molar-refractivity contribution in [1.82, 2.24) is 10.1 Å². The van der Waals surface area contributed by atoms with Crippen molar-refractivity contribution in [3.05, 3.63) is 84.1 Å². The van der Waals surface area contributed by atoms with Gasteiger partial charge in [-0.2, -0.15) is 0 Å². The number of ether oxygens (including phenoxy) is 1. The fourth-order valence-electron chi connectivity index (χ4n) is 5.21. The van der Waals surface area contributed by atoms with Gasteiger partial charge in [0.25, 0.3) is 0 Å². The van der Waals surface area contributed by atoms with E-state index in [0.717, 1.165) is 37.0 Å². The summed E-state index contributed by atoms with van der Waals surface area (Å²) in [5.41, 5.74) is 2.93. The highest BCUT2D eigenvalue weighted by atomic mass is 35.5. The van der Waals surface area contributed by atoms with E-state index < -0.39 is 6.10 Å². The molecule has 0 spiro atoms. The molecule has 0 saturated carbocycles. The molecule has 1 saturated heterocycles. The van der Waals surface area contributed by atoms with E-state index in [9.17, 15) is 5.11 Å². The van der Waals surface area contributed by atoms with Crippen LogP contribution in [-0.4, -0.2) is 47.5 Å². The normalized spacial score (nSPS) is 15.6. The molecule has 0 aliphatic carbocycles. The lowest BCUT2D eigenvalue weighted by atomic mass is 9.88. The topological polar surface area (TPSA) is 71.9 Å². The number of β-amino-alcohol motifs (C(OH)–C–C–N with tert-alkyl or cyclic N) is 1. The molecule has 37 heavy (non-hydrogen) atoms. The quantitative estimate of drug-likeness (QED) is 0.262. The highest BCUT2D eigenvalue weighted by molar-refractivity contribution is 5.87. The van der Waals surface area contributed by atoms with Crippen molar-refractivity contribution in [2.45, 2.75) is 31.8 Å². The molecule has 6 nitrogen and oxygen atoms in total. The number of furan rings is 1. The van der Waals surface area contributed by atoms with Crippen LogP contribution in [0.15, 0.2) is 81.7 Å². The fraction of sp³-hybridized carbons (Fsp3) is 0.300. The molecule has 3 aromatic carbocycles. The average Bonchev–Trinajstić information content (AvgIpc) is 3.54. The third-order valence-corrected chi connectivity index (χ3v) is 7.12.